The molecule has 3 heterocycles. The normalized spacial score (nSPS) is 27.4. The summed E-state index contributed by atoms with van der Waals surface area (Å²) in [6.45, 7) is 3.70. The lowest BCUT2D eigenvalue weighted by atomic mass is 9.75. The van der Waals surface area contributed by atoms with Crippen molar-refractivity contribution in [2.75, 3.05) is 26.2 Å². The van der Waals surface area contributed by atoms with Gasteiger partial charge in [0.25, 0.3) is 0 Å². The minimum absolute atomic E-state index is 0.119. The summed E-state index contributed by atoms with van der Waals surface area (Å²) in [5.74, 6) is -0.451. The topological polar surface area (TPSA) is 118 Å². The number of pyridine rings is 1. The lowest BCUT2D eigenvalue weighted by molar-refractivity contribution is -0.189. The van der Waals surface area contributed by atoms with E-state index in [0.717, 1.165) is 18.5 Å². The van der Waals surface area contributed by atoms with Gasteiger partial charge in [-0.3, -0.25) is 19.5 Å². The highest BCUT2D eigenvalue weighted by molar-refractivity contribution is 5.76. The quantitative estimate of drug-likeness (QED) is 0.629. The Morgan fingerprint density at radius 1 is 1.39 bits per heavy atom. The summed E-state index contributed by atoms with van der Waals surface area (Å²) >= 11 is 0. The van der Waals surface area contributed by atoms with Crippen molar-refractivity contribution in [1.82, 2.24) is 15.2 Å². The highest BCUT2D eigenvalue weighted by Gasteiger charge is 2.49. The molecule has 0 aliphatic carbocycles. The number of rotatable bonds is 6. The van der Waals surface area contributed by atoms with E-state index in [0.29, 0.717) is 32.4 Å². The van der Waals surface area contributed by atoms with Crippen LogP contribution in [0.5, 0.6) is 0 Å². The molecule has 2 saturated heterocycles. The summed E-state index contributed by atoms with van der Waals surface area (Å²) in [7, 11) is 0. The van der Waals surface area contributed by atoms with Crippen LogP contribution in [-0.4, -0.2) is 70.3 Å². The molecule has 28 heavy (non-hydrogen) atoms. The minimum atomic E-state index is -1.05. The molecule has 2 fully saturated rings. The molecule has 0 unspecified atom stereocenters. The van der Waals surface area contributed by atoms with Gasteiger partial charge in [-0.25, -0.2) is 0 Å². The molecule has 1 aromatic heterocycles. The third-order valence-corrected chi connectivity index (χ3v) is 5.80. The van der Waals surface area contributed by atoms with Crippen molar-refractivity contribution in [3.63, 3.8) is 0 Å². The van der Waals surface area contributed by atoms with Crippen LogP contribution in [0, 0.1) is 0 Å². The Morgan fingerprint density at radius 2 is 2.14 bits per heavy atom. The SMILES string of the molecule is C[C@]1(O)CC2(CCN(CC(N)=O)CC2)OC[C@@H]1NC(=O)CCc1ccccn1. The molecule has 8 nitrogen and oxygen atoms in total. The first-order valence-electron chi connectivity index (χ1n) is 9.84. The molecular weight excluding hydrogens is 360 g/mol. The Labute approximate surface area is 165 Å². The maximum Gasteiger partial charge on any atom is 0.231 e. The minimum Gasteiger partial charge on any atom is -0.388 e. The van der Waals surface area contributed by atoms with E-state index in [1.54, 1.807) is 13.1 Å². The van der Waals surface area contributed by atoms with Crippen molar-refractivity contribution < 1.29 is 19.4 Å². The van der Waals surface area contributed by atoms with E-state index in [2.05, 4.69) is 10.3 Å². The number of piperidine rings is 1. The zero-order valence-corrected chi connectivity index (χ0v) is 16.4. The Morgan fingerprint density at radius 3 is 2.75 bits per heavy atom. The summed E-state index contributed by atoms with van der Waals surface area (Å²) in [5.41, 5.74) is 4.67. The van der Waals surface area contributed by atoms with Gasteiger partial charge < -0.3 is 20.9 Å². The van der Waals surface area contributed by atoms with Gasteiger partial charge in [0, 0.05) is 37.8 Å². The number of amides is 2. The van der Waals surface area contributed by atoms with Gasteiger partial charge in [-0.05, 0) is 38.3 Å². The van der Waals surface area contributed by atoms with Crippen molar-refractivity contribution >= 4 is 11.8 Å². The van der Waals surface area contributed by atoms with Gasteiger partial charge in [-0.1, -0.05) is 6.07 Å². The van der Waals surface area contributed by atoms with Crippen LogP contribution in [0.1, 0.15) is 38.3 Å². The Kier molecular flexibility index (Phi) is 6.32. The highest BCUT2D eigenvalue weighted by atomic mass is 16.5. The van der Waals surface area contributed by atoms with E-state index in [1.807, 2.05) is 23.1 Å². The first-order chi connectivity index (χ1) is 13.3. The van der Waals surface area contributed by atoms with Crippen molar-refractivity contribution in [2.45, 2.75) is 56.3 Å². The number of carbonyl (C=O) groups is 2. The van der Waals surface area contributed by atoms with Crippen LogP contribution in [0.3, 0.4) is 0 Å². The number of hydrogen-bond donors (Lipinski definition) is 3. The van der Waals surface area contributed by atoms with Crippen LogP contribution in [0.25, 0.3) is 0 Å². The molecule has 0 radical (unpaired) electrons. The fourth-order valence-electron chi connectivity index (χ4n) is 4.18. The molecule has 4 N–H and O–H groups in total. The average Bonchev–Trinajstić information content (AvgIpc) is 2.65. The molecule has 0 bridgehead atoms. The number of nitrogens with zero attached hydrogens (tertiary/aromatic N) is 2. The molecule has 0 aromatic carbocycles. The second-order valence-corrected chi connectivity index (χ2v) is 8.21. The number of ether oxygens (including phenoxy) is 1. The fourth-order valence-corrected chi connectivity index (χ4v) is 4.18. The molecule has 1 spiro atoms. The summed E-state index contributed by atoms with van der Waals surface area (Å²) in [4.78, 5) is 29.7. The number of aliphatic hydroxyl groups is 1. The zero-order valence-electron chi connectivity index (χ0n) is 16.4. The Balaban J connectivity index is 1.50. The van der Waals surface area contributed by atoms with E-state index in [1.165, 1.54) is 0 Å². The third kappa shape index (κ3) is 5.27. The lowest BCUT2D eigenvalue weighted by Gasteiger charge is -2.51. The van der Waals surface area contributed by atoms with Gasteiger partial charge >= 0.3 is 0 Å². The molecule has 2 aliphatic rings. The Hall–Kier alpha value is -2.03. The van der Waals surface area contributed by atoms with E-state index in [-0.39, 0.29) is 25.0 Å². The first-order valence-corrected chi connectivity index (χ1v) is 9.84. The van der Waals surface area contributed by atoms with Crippen LogP contribution >= 0.6 is 0 Å². The van der Waals surface area contributed by atoms with E-state index in [4.69, 9.17) is 10.5 Å². The summed E-state index contributed by atoms with van der Waals surface area (Å²) in [5, 5.41) is 13.9. The fraction of sp³-hybridized carbons (Fsp3) is 0.650. The molecule has 2 atom stereocenters. The second kappa shape index (κ2) is 8.55. The van der Waals surface area contributed by atoms with Crippen molar-refractivity contribution in [3.05, 3.63) is 30.1 Å². The van der Waals surface area contributed by atoms with Crippen LogP contribution in [0.15, 0.2) is 24.4 Å². The molecule has 154 valence electrons. The van der Waals surface area contributed by atoms with Crippen LogP contribution in [-0.2, 0) is 20.7 Å². The van der Waals surface area contributed by atoms with Crippen molar-refractivity contribution in [2.24, 2.45) is 5.73 Å². The molecule has 2 amide bonds. The van der Waals surface area contributed by atoms with Crippen LogP contribution in [0.4, 0.5) is 0 Å². The molecule has 3 rings (SSSR count). The highest BCUT2D eigenvalue weighted by Crippen LogP contribution is 2.39. The van der Waals surface area contributed by atoms with Gasteiger partial charge in [0.15, 0.2) is 0 Å². The molecule has 0 saturated carbocycles. The largest absolute Gasteiger partial charge is 0.388 e. The molecule has 1 aromatic rings. The maximum atomic E-state index is 12.3. The Bertz CT molecular complexity index is 687. The number of nitrogens with one attached hydrogen (secondary N) is 1. The molecular formula is C20H30N4O4. The standard InChI is InChI=1S/C20H30N4O4/c1-19(27)14-20(7-10-24(11-8-20)12-17(21)25)28-13-16(19)23-18(26)6-5-15-4-2-3-9-22-15/h2-4,9,16,27H,5-8,10-14H2,1H3,(H2,21,25)(H,23,26)/t16-,19-/m0/s1. The number of carbonyl (C=O) groups excluding carboxylic acids is 2. The van der Waals surface area contributed by atoms with Gasteiger partial charge in [0.2, 0.25) is 11.8 Å². The van der Waals surface area contributed by atoms with Gasteiger partial charge in [-0.2, -0.15) is 0 Å². The predicted octanol–water partition coefficient (Wildman–Crippen LogP) is -0.00980. The lowest BCUT2D eigenvalue weighted by Crippen LogP contribution is -2.64. The summed E-state index contributed by atoms with van der Waals surface area (Å²) < 4.78 is 6.14. The number of primary amides is 1. The number of nitrogens with two attached hydrogens (primary N) is 1. The number of aromatic nitrogens is 1. The van der Waals surface area contributed by atoms with E-state index in [9.17, 15) is 14.7 Å². The van der Waals surface area contributed by atoms with Gasteiger partial charge in [0.05, 0.1) is 30.4 Å². The summed E-state index contributed by atoms with van der Waals surface area (Å²) in [6, 6.07) is 5.18. The van der Waals surface area contributed by atoms with E-state index < -0.39 is 17.2 Å². The monoisotopic (exact) mass is 390 g/mol. The van der Waals surface area contributed by atoms with Crippen LogP contribution in [0.2, 0.25) is 0 Å². The molecule has 2 aliphatic heterocycles. The van der Waals surface area contributed by atoms with E-state index >= 15 is 0 Å². The summed E-state index contributed by atoms with van der Waals surface area (Å²) in [6.07, 6.45) is 4.50. The smallest absolute Gasteiger partial charge is 0.231 e. The van der Waals surface area contributed by atoms with Crippen molar-refractivity contribution in [1.29, 1.82) is 0 Å². The average molecular weight is 390 g/mol. The van der Waals surface area contributed by atoms with Crippen molar-refractivity contribution in [3.8, 4) is 0 Å². The second-order valence-electron chi connectivity index (χ2n) is 8.21. The first kappa shape index (κ1) is 20.7. The van der Waals surface area contributed by atoms with Gasteiger partial charge in [-0.15, -0.1) is 0 Å². The number of hydrogen-bond acceptors (Lipinski definition) is 6. The third-order valence-electron chi connectivity index (χ3n) is 5.80. The number of aryl methyl sites for hydroxylation is 1. The molecule has 8 heteroatoms. The van der Waals surface area contributed by atoms with Gasteiger partial charge in [0.1, 0.15) is 0 Å². The maximum absolute atomic E-state index is 12.3. The predicted molar refractivity (Wildman–Crippen MR) is 103 cm³/mol. The van der Waals surface area contributed by atoms with Crippen LogP contribution < -0.4 is 11.1 Å². The number of likely N-dealkylation sites (tertiary alicyclic amines) is 1. The zero-order chi connectivity index (χ0) is 20.2.